The monoisotopic (exact) mass is 402 g/mol. The number of aryl methyl sites for hydroxylation is 2. The summed E-state index contributed by atoms with van der Waals surface area (Å²) in [6.45, 7) is 10.2. The maximum atomic E-state index is 12.7. The predicted molar refractivity (Wildman–Crippen MR) is 111 cm³/mol. The number of hydrogen-bond acceptors (Lipinski definition) is 4. The number of nitrogens with zero attached hydrogens (tertiary/aromatic N) is 4. The van der Waals surface area contributed by atoms with Gasteiger partial charge in [-0.2, -0.15) is 0 Å². The summed E-state index contributed by atoms with van der Waals surface area (Å²) in [5, 5.41) is 0. The summed E-state index contributed by atoms with van der Waals surface area (Å²) in [7, 11) is 0. The topological polar surface area (TPSA) is 76.8 Å². The van der Waals surface area contributed by atoms with E-state index in [1.54, 1.807) is 18.9 Å². The highest BCUT2D eigenvalue weighted by atomic mass is 16.6. The quantitative estimate of drug-likeness (QED) is 0.786. The minimum absolute atomic E-state index is 0.00549. The molecule has 8 nitrogen and oxygen atoms in total. The Hall–Kier alpha value is -2.77. The predicted octanol–water partition coefficient (Wildman–Crippen LogP) is 2.29. The maximum absolute atomic E-state index is 12.7. The molecule has 29 heavy (non-hydrogen) atoms. The second-order valence-corrected chi connectivity index (χ2v) is 8.27. The Bertz CT molecular complexity index is 946. The largest absolute Gasteiger partial charge is 0.444 e. The molecular weight excluding hydrogens is 372 g/mol. The minimum Gasteiger partial charge on any atom is -0.444 e. The van der Waals surface area contributed by atoms with Crippen molar-refractivity contribution >= 4 is 23.0 Å². The number of ether oxygens (including phenoxy) is 1. The molecule has 0 aliphatic carbocycles. The van der Waals surface area contributed by atoms with Gasteiger partial charge in [0, 0.05) is 45.7 Å². The second kappa shape index (κ2) is 8.31. The summed E-state index contributed by atoms with van der Waals surface area (Å²) >= 11 is 0. The number of rotatable bonds is 4. The van der Waals surface area contributed by atoms with E-state index in [2.05, 4.69) is 0 Å². The van der Waals surface area contributed by atoms with Crippen LogP contribution in [0.2, 0.25) is 0 Å². The lowest BCUT2D eigenvalue weighted by atomic mass is 10.2. The van der Waals surface area contributed by atoms with Crippen molar-refractivity contribution in [3.05, 3.63) is 34.7 Å². The Kier molecular flexibility index (Phi) is 6.00. The van der Waals surface area contributed by atoms with Crippen LogP contribution in [-0.2, 0) is 22.6 Å². The number of imidazole rings is 1. The van der Waals surface area contributed by atoms with Gasteiger partial charge in [-0.3, -0.25) is 13.9 Å². The van der Waals surface area contributed by atoms with Gasteiger partial charge in [0.2, 0.25) is 5.91 Å². The summed E-state index contributed by atoms with van der Waals surface area (Å²) in [4.78, 5) is 40.9. The van der Waals surface area contributed by atoms with Gasteiger partial charge in [0.05, 0.1) is 11.0 Å². The van der Waals surface area contributed by atoms with E-state index in [-0.39, 0.29) is 24.1 Å². The van der Waals surface area contributed by atoms with Gasteiger partial charge in [0.1, 0.15) is 5.60 Å². The molecule has 0 atom stereocenters. The van der Waals surface area contributed by atoms with E-state index >= 15 is 0 Å². The molecule has 158 valence electrons. The van der Waals surface area contributed by atoms with Crippen LogP contribution < -0.4 is 5.69 Å². The lowest BCUT2D eigenvalue weighted by molar-refractivity contribution is -0.133. The lowest BCUT2D eigenvalue weighted by Crippen LogP contribution is -2.51. The van der Waals surface area contributed by atoms with Gasteiger partial charge in [-0.25, -0.2) is 9.59 Å². The van der Waals surface area contributed by atoms with E-state index in [9.17, 15) is 14.4 Å². The SMILES string of the molecule is CCn1c(=O)n(CCC(=O)N2CCN(C(=O)OC(C)(C)C)CC2)c2ccccc21. The number of hydrogen-bond donors (Lipinski definition) is 0. The highest BCUT2D eigenvalue weighted by Crippen LogP contribution is 2.15. The van der Waals surface area contributed by atoms with Gasteiger partial charge in [-0.1, -0.05) is 12.1 Å². The van der Waals surface area contributed by atoms with Crippen molar-refractivity contribution in [1.29, 1.82) is 0 Å². The van der Waals surface area contributed by atoms with Crippen LogP contribution in [0.4, 0.5) is 4.79 Å². The van der Waals surface area contributed by atoms with Gasteiger partial charge < -0.3 is 14.5 Å². The molecule has 1 aromatic carbocycles. The summed E-state index contributed by atoms with van der Waals surface area (Å²) < 4.78 is 8.78. The molecule has 0 spiro atoms. The van der Waals surface area contributed by atoms with E-state index in [1.165, 1.54) is 0 Å². The average Bonchev–Trinajstić information content (AvgIpc) is 2.95. The van der Waals surface area contributed by atoms with Crippen LogP contribution in [-0.4, -0.2) is 62.7 Å². The third kappa shape index (κ3) is 4.63. The van der Waals surface area contributed by atoms with E-state index in [1.807, 2.05) is 52.0 Å². The molecule has 3 rings (SSSR count). The highest BCUT2D eigenvalue weighted by Gasteiger charge is 2.27. The van der Waals surface area contributed by atoms with Crippen LogP contribution in [0.25, 0.3) is 11.0 Å². The Balaban J connectivity index is 1.59. The average molecular weight is 402 g/mol. The van der Waals surface area contributed by atoms with E-state index in [0.717, 1.165) is 11.0 Å². The maximum Gasteiger partial charge on any atom is 0.410 e. The molecule has 0 radical (unpaired) electrons. The van der Waals surface area contributed by atoms with Crippen molar-refractivity contribution in [3.63, 3.8) is 0 Å². The third-order valence-electron chi connectivity index (χ3n) is 5.07. The molecule has 0 unspecified atom stereocenters. The molecule has 0 saturated carbocycles. The van der Waals surface area contributed by atoms with Crippen LogP contribution >= 0.6 is 0 Å². The van der Waals surface area contributed by atoms with Crippen LogP contribution in [0.5, 0.6) is 0 Å². The van der Waals surface area contributed by atoms with E-state index in [0.29, 0.717) is 39.3 Å². The third-order valence-corrected chi connectivity index (χ3v) is 5.07. The molecule has 1 aromatic heterocycles. The molecular formula is C21H30N4O4. The molecule has 0 N–H and O–H groups in total. The summed E-state index contributed by atoms with van der Waals surface area (Å²) in [5.74, 6) is -0.00549. The summed E-state index contributed by atoms with van der Waals surface area (Å²) in [6.07, 6.45) is -0.0899. The number of piperazine rings is 1. The number of carbonyl (C=O) groups excluding carboxylic acids is 2. The van der Waals surface area contributed by atoms with Crippen LogP contribution in [0.1, 0.15) is 34.1 Å². The first-order valence-electron chi connectivity index (χ1n) is 10.1. The van der Waals surface area contributed by atoms with Gasteiger partial charge in [0.15, 0.2) is 0 Å². The Morgan fingerprint density at radius 2 is 1.52 bits per heavy atom. The number of benzene rings is 1. The molecule has 1 saturated heterocycles. The molecule has 1 aliphatic rings. The lowest BCUT2D eigenvalue weighted by Gasteiger charge is -2.35. The zero-order chi connectivity index (χ0) is 21.2. The highest BCUT2D eigenvalue weighted by molar-refractivity contribution is 5.78. The normalized spacial score (nSPS) is 15.0. The fourth-order valence-corrected chi connectivity index (χ4v) is 3.62. The molecule has 0 bridgehead atoms. The van der Waals surface area contributed by atoms with Gasteiger partial charge in [-0.05, 0) is 39.8 Å². The summed E-state index contributed by atoms with van der Waals surface area (Å²) in [6, 6.07) is 7.64. The van der Waals surface area contributed by atoms with Crippen molar-refractivity contribution in [2.45, 2.75) is 52.8 Å². The fraction of sp³-hybridized carbons (Fsp3) is 0.571. The second-order valence-electron chi connectivity index (χ2n) is 8.27. The first-order chi connectivity index (χ1) is 13.7. The molecule has 1 fully saturated rings. The standard InChI is InChI=1S/C21H30N4O4/c1-5-24-16-8-6-7-9-17(16)25(19(24)27)11-10-18(26)22-12-14-23(15-13-22)20(28)29-21(2,3)4/h6-9H,5,10-15H2,1-4H3. The number of carbonyl (C=O) groups is 2. The fourth-order valence-electron chi connectivity index (χ4n) is 3.62. The van der Waals surface area contributed by atoms with E-state index < -0.39 is 5.60 Å². The van der Waals surface area contributed by atoms with Crippen molar-refractivity contribution in [2.75, 3.05) is 26.2 Å². The molecule has 8 heteroatoms. The van der Waals surface area contributed by atoms with Crippen molar-refractivity contribution in [2.24, 2.45) is 0 Å². The number of aromatic nitrogens is 2. The first-order valence-corrected chi connectivity index (χ1v) is 10.1. The van der Waals surface area contributed by atoms with Crippen molar-refractivity contribution in [1.82, 2.24) is 18.9 Å². The number of para-hydroxylation sites is 2. The number of amides is 2. The van der Waals surface area contributed by atoms with Crippen LogP contribution in [0, 0.1) is 0 Å². The number of fused-ring (bicyclic) bond motifs is 1. The van der Waals surface area contributed by atoms with Crippen molar-refractivity contribution in [3.8, 4) is 0 Å². The zero-order valence-corrected chi connectivity index (χ0v) is 17.7. The Labute approximate surface area is 170 Å². The van der Waals surface area contributed by atoms with E-state index in [4.69, 9.17) is 4.74 Å². The first kappa shape index (κ1) is 21.0. The van der Waals surface area contributed by atoms with Crippen LogP contribution in [0.15, 0.2) is 29.1 Å². The molecule has 2 heterocycles. The summed E-state index contributed by atoms with van der Waals surface area (Å²) in [5.41, 5.74) is 1.12. The van der Waals surface area contributed by atoms with Gasteiger partial charge in [-0.15, -0.1) is 0 Å². The van der Waals surface area contributed by atoms with Crippen LogP contribution in [0.3, 0.4) is 0 Å². The Morgan fingerprint density at radius 3 is 2.07 bits per heavy atom. The molecule has 2 aromatic rings. The van der Waals surface area contributed by atoms with Gasteiger partial charge >= 0.3 is 11.8 Å². The van der Waals surface area contributed by atoms with Crippen molar-refractivity contribution < 1.29 is 14.3 Å². The molecule has 1 aliphatic heterocycles. The minimum atomic E-state index is -0.533. The zero-order valence-electron chi connectivity index (χ0n) is 17.7. The molecule has 2 amide bonds. The Morgan fingerprint density at radius 1 is 0.966 bits per heavy atom. The smallest absolute Gasteiger partial charge is 0.410 e. The van der Waals surface area contributed by atoms with Gasteiger partial charge in [0.25, 0.3) is 0 Å².